The Kier molecular flexibility index (Phi) is 4.79. The molecule has 4 heteroatoms. The van der Waals surface area contributed by atoms with E-state index in [2.05, 4.69) is 0 Å². The van der Waals surface area contributed by atoms with Crippen molar-refractivity contribution >= 4 is 11.6 Å². The molecule has 4 nitrogen and oxygen atoms in total. The van der Waals surface area contributed by atoms with Crippen molar-refractivity contribution in [2.75, 3.05) is 11.4 Å². The normalized spacial score (nSPS) is 15.6. The molecular weight excluding hydrogens is 338 g/mol. The molecule has 1 atom stereocenters. The molecule has 0 radical (unpaired) electrons. The Bertz CT molecular complexity index is 922. The van der Waals surface area contributed by atoms with Gasteiger partial charge < -0.3 is 14.4 Å². The lowest BCUT2D eigenvalue weighted by atomic mass is 10.1. The third-order valence-corrected chi connectivity index (χ3v) is 4.52. The first kappa shape index (κ1) is 17.2. The van der Waals surface area contributed by atoms with E-state index in [-0.39, 0.29) is 12.0 Å². The van der Waals surface area contributed by atoms with Gasteiger partial charge in [-0.25, -0.2) is 0 Å². The highest BCUT2D eigenvalue weighted by Gasteiger charge is 2.27. The van der Waals surface area contributed by atoms with Crippen LogP contribution in [-0.2, 0) is 6.61 Å². The average molecular weight is 359 g/mol. The molecule has 0 saturated heterocycles. The lowest BCUT2D eigenvalue weighted by Gasteiger charge is -2.33. The zero-order valence-electron chi connectivity index (χ0n) is 15.2. The number of hydrogen-bond donors (Lipinski definition) is 0. The molecule has 1 aliphatic heterocycles. The topological polar surface area (TPSA) is 38.8 Å². The second-order valence-corrected chi connectivity index (χ2v) is 6.61. The van der Waals surface area contributed by atoms with Gasteiger partial charge in [-0.1, -0.05) is 42.5 Å². The first-order chi connectivity index (χ1) is 13.2. The molecule has 0 aromatic heterocycles. The Hall–Kier alpha value is -3.27. The first-order valence-corrected chi connectivity index (χ1v) is 9.05. The molecule has 1 amide bonds. The molecule has 1 heterocycles. The van der Waals surface area contributed by atoms with Crippen LogP contribution in [0.15, 0.2) is 78.9 Å². The fraction of sp³-hybridized carbons (Fsp3) is 0.174. The number of hydrogen-bond acceptors (Lipinski definition) is 3. The highest BCUT2D eigenvalue weighted by molar-refractivity contribution is 6.07. The van der Waals surface area contributed by atoms with Gasteiger partial charge >= 0.3 is 0 Å². The van der Waals surface area contributed by atoms with Crippen LogP contribution in [-0.4, -0.2) is 18.6 Å². The Morgan fingerprint density at radius 1 is 1.00 bits per heavy atom. The molecule has 0 saturated carbocycles. The Labute approximate surface area is 159 Å². The molecule has 0 fully saturated rings. The van der Waals surface area contributed by atoms with Crippen molar-refractivity contribution in [1.29, 1.82) is 0 Å². The van der Waals surface area contributed by atoms with Gasteiger partial charge in [-0.05, 0) is 48.9 Å². The number of benzene rings is 3. The number of anilines is 1. The number of ether oxygens (including phenoxy) is 2. The molecule has 3 aromatic rings. The number of para-hydroxylation sites is 2. The van der Waals surface area contributed by atoms with Crippen molar-refractivity contribution < 1.29 is 14.3 Å². The van der Waals surface area contributed by atoms with Gasteiger partial charge in [0, 0.05) is 5.56 Å². The fourth-order valence-corrected chi connectivity index (χ4v) is 3.17. The molecule has 4 rings (SSSR count). The molecule has 0 bridgehead atoms. The summed E-state index contributed by atoms with van der Waals surface area (Å²) in [5, 5.41) is 0. The summed E-state index contributed by atoms with van der Waals surface area (Å²) in [6.45, 7) is 3.00. The van der Waals surface area contributed by atoms with Gasteiger partial charge in [0.2, 0.25) is 0 Å². The number of carbonyl (C=O) groups is 1. The largest absolute Gasteiger partial charge is 0.489 e. The van der Waals surface area contributed by atoms with E-state index in [1.165, 1.54) is 0 Å². The van der Waals surface area contributed by atoms with E-state index in [4.69, 9.17) is 9.47 Å². The smallest absolute Gasteiger partial charge is 0.258 e. The molecular formula is C23H21NO3. The Morgan fingerprint density at radius 3 is 2.48 bits per heavy atom. The standard InChI is InChI=1S/C23H21NO3/c1-17-15-24(21-9-5-6-10-22(21)27-17)23(25)19-11-13-20(14-12-19)26-16-18-7-3-2-4-8-18/h2-14,17H,15-16H2,1H3. The van der Waals surface area contributed by atoms with Crippen LogP contribution in [0.25, 0.3) is 0 Å². The van der Waals surface area contributed by atoms with E-state index < -0.39 is 0 Å². The minimum absolute atomic E-state index is 0.0350. The van der Waals surface area contributed by atoms with Crippen molar-refractivity contribution in [3.8, 4) is 11.5 Å². The Morgan fingerprint density at radius 2 is 1.70 bits per heavy atom. The molecule has 0 spiro atoms. The number of amides is 1. The van der Waals surface area contributed by atoms with Crippen LogP contribution in [0.3, 0.4) is 0 Å². The zero-order valence-corrected chi connectivity index (χ0v) is 15.2. The van der Waals surface area contributed by atoms with Gasteiger partial charge in [-0.3, -0.25) is 4.79 Å². The van der Waals surface area contributed by atoms with E-state index in [9.17, 15) is 4.79 Å². The Balaban J connectivity index is 1.48. The van der Waals surface area contributed by atoms with Gasteiger partial charge in [0.1, 0.15) is 24.2 Å². The second-order valence-electron chi connectivity index (χ2n) is 6.61. The van der Waals surface area contributed by atoms with Crippen molar-refractivity contribution in [3.05, 3.63) is 90.0 Å². The summed E-state index contributed by atoms with van der Waals surface area (Å²) in [5.74, 6) is 1.45. The van der Waals surface area contributed by atoms with Crippen LogP contribution in [0.4, 0.5) is 5.69 Å². The summed E-state index contributed by atoms with van der Waals surface area (Å²) < 4.78 is 11.6. The quantitative estimate of drug-likeness (QED) is 0.678. The maximum absolute atomic E-state index is 13.0. The van der Waals surface area contributed by atoms with E-state index in [0.717, 1.165) is 22.7 Å². The van der Waals surface area contributed by atoms with Gasteiger partial charge in [-0.2, -0.15) is 0 Å². The van der Waals surface area contributed by atoms with Crippen molar-refractivity contribution in [2.45, 2.75) is 19.6 Å². The second kappa shape index (κ2) is 7.54. The number of rotatable bonds is 4. The number of nitrogens with zero attached hydrogens (tertiary/aromatic N) is 1. The van der Waals surface area contributed by atoms with Crippen LogP contribution in [0.1, 0.15) is 22.8 Å². The molecule has 0 N–H and O–H groups in total. The number of carbonyl (C=O) groups excluding carboxylic acids is 1. The maximum atomic E-state index is 13.0. The highest BCUT2D eigenvalue weighted by Crippen LogP contribution is 2.34. The molecule has 3 aromatic carbocycles. The van der Waals surface area contributed by atoms with Gasteiger partial charge in [0.25, 0.3) is 5.91 Å². The maximum Gasteiger partial charge on any atom is 0.258 e. The molecule has 1 aliphatic rings. The molecule has 27 heavy (non-hydrogen) atoms. The summed E-state index contributed by atoms with van der Waals surface area (Å²) >= 11 is 0. The van der Waals surface area contributed by atoms with Crippen molar-refractivity contribution in [1.82, 2.24) is 0 Å². The lowest BCUT2D eigenvalue weighted by molar-refractivity contribution is 0.0961. The summed E-state index contributed by atoms with van der Waals surface area (Å²) in [5.41, 5.74) is 2.55. The third kappa shape index (κ3) is 3.80. The molecule has 136 valence electrons. The van der Waals surface area contributed by atoms with Crippen LogP contribution >= 0.6 is 0 Å². The molecule has 1 unspecified atom stereocenters. The van der Waals surface area contributed by atoms with E-state index in [1.54, 1.807) is 4.90 Å². The predicted octanol–water partition coefficient (Wildman–Crippen LogP) is 4.69. The summed E-state index contributed by atoms with van der Waals surface area (Å²) in [4.78, 5) is 14.8. The average Bonchev–Trinajstić information content (AvgIpc) is 2.72. The predicted molar refractivity (Wildman–Crippen MR) is 105 cm³/mol. The van der Waals surface area contributed by atoms with E-state index in [0.29, 0.717) is 18.7 Å². The van der Waals surface area contributed by atoms with Crippen LogP contribution in [0.5, 0.6) is 11.5 Å². The van der Waals surface area contributed by atoms with Gasteiger partial charge in [-0.15, -0.1) is 0 Å². The summed E-state index contributed by atoms with van der Waals surface area (Å²) in [6, 6.07) is 24.9. The van der Waals surface area contributed by atoms with Gasteiger partial charge in [0.05, 0.1) is 12.2 Å². The fourth-order valence-electron chi connectivity index (χ4n) is 3.17. The van der Waals surface area contributed by atoms with Crippen LogP contribution < -0.4 is 14.4 Å². The first-order valence-electron chi connectivity index (χ1n) is 9.05. The SMILES string of the molecule is CC1CN(C(=O)c2ccc(OCc3ccccc3)cc2)c2ccccc2O1. The zero-order chi connectivity index (χ0) is 18.6. The summed E-state index contributed by atoms with van der Waals surface area (Å²) in [6.07, 6.45) is -0.0441. The minimum atomic E-state index is -0.0441. The third-order valence-electron chi connectivity index (χ3n) is 4.52. The number of fused-ring (bicyclic) bond motifs is 1. The van der Waals surface area contributed by atoms with Crippen molar-refractivity contribution in [3.63, 3.8) is 0 Å². The van der Waals surface area contributed by atoms with Crippen LogP contribution in [0, 0.1) is 0 Å². The minimum Gasteiger partial charge on any atom is -0.489 e. The summed E-state index contributed by atoms with van der Waals surface area (Å²) in [7, 11) is 0. The lowest BCUT2D eigenvalue weighted by Crippen LogP contribution is -2.42. The highest BCUT2D eigenvalue weighted by atomic mass is 16.5. The monoisotopic (exact) mass is 359 g/mol. The van der Waals surface area contributed by atoms with Crippen molar-refractivity contribution in [2.24, 2.45) is 0 Å². The molecule has 0 aliphatic carbocycles. The van der Waals surface area contributed by atoms with Crippen LogP contribution in [0.2, 0.25) is 0 Å². The van der Waals surface area contributed by atoms with E-state index in [1.807, 2.05) is 85.8 Å². The van der Waals surface area contributed by atoms with E-state index >= 15 is 0 Å². The van der Waals surface area contributed by atoms with Gasteiger partial charge in [0.15, 0.2) is 0 Å².